The van der Waals surface area contributed by atoms with E-state index in [-0.39, 0.29) is 23.9 Å². The molecule has 1 aromatic heterocycles. The fourth-order valence-corrected chi connectivity index (χ4v) is 3.13. The van der Waals surface area contributed by atoms with Crippen LogP contribution in [0.5, 0.6) is 0 Å². The molecule has 6 heteroatoms. The smallest absolute Gasteiger partial charge is 0.315 e. The molecular formula is C18H23N3O2S. The molecule has 0 aliphatic heterocycles. The first-order valence-electron chi connectivity index (χ1n) is 7.91. The molecular weight excluding hydrogens is 322 g/mol. The van der Waals surface area contributed by atoms with E-state index in [9.17, 15) is 9.59 Å². The van der Waals surface area contributed by atoms with Crippen molar-refractivity contribution in [1.82, 2.24) is 10.6 Å². The van der Waals surface area contributed by atoms with Crippen LogP contribution in [0.2, 0.25) is 0 Å². The van der Waals surface area contributed by atoms with Crippen LogP contribution < -0.4 is 16.0 Å². The topological polar surface area (TPSA) is 70.2 Å². The molecule has 0 bridgehead atoms. The maximum atomic E-state index is 12.1. The summed E-state index contributed by atoms with van der Waals surface area (Å²) in [5.74, 6) is 0.169. The van der Waals surface area contributed by atoms with Gasteiger partial charge < -0.3 is 16.0 Å². The van der Waals surface area contributed by atoms with Gasteiger partial charge >= 0.3 is 6.03 Å². The highest BCUT2D eigenvalue weighted by Crippen LogP contribution is 2.20. The van der Waals surface area contributed by atoms with Crippen LogP contribution in [0.4, 0.5) is 10.5 Å². The molecule has 0 saturated carbocycles. The summed E-state index contributed by atoms with van der Waals surface area (Å²) >= 11 is 1.69. The van der Waals surface area contributed by atoms with Gasteiger partial charge in [0.15, 0.2) is 0 Å². The Morgan fingerprint density at radius 2 is 1.96 bits per heavy atom. The van der Waals surface area contributed by atoms with E-state index in [1.54, 1.807) is 11.3 Å². The van der Waals surface area contributed by atoms with Crippen molar-refractivity contribution < 1.29 is 9.59 Å². The summed E-state index contributed by atoms with van der Waals surface area (Å²) in [4.78, 5) is 24.5. The van der Waals surface area contributed by atoms with Gasteiger partial charge in [0.25, 0.3) is 0 Å². The van der Waals surface area contributed by atoms with Gasteiger partial charge in [-0.25, -0.2) is 4.79 Å². The van der Waals surface area contributed by atoms with Crippen LogP contribution in [0.25, 0.3) is 0 Å². The van der Waals surface area contributed by atoms with Gasteiger partial charge in [-0.1, -0.05) is 25.1 Å². The second-order valence-electron chi connectivity index (χ2n) is 5.80. The Hall–Kier alpha value is -2.34. The van der Waals surface area contributed by atoms with Gasteiger partial charge in [0.2, 0.25) is 5.91 Å². The summed E-state index contributed by atoms with van der Waals surface area (Å²) in [6.07, 6.45) is 0. The van der Waals surface area contributed by atoms with Gasteiger partial charge in [-0.15, -0.1) is 11.3 Å². The minimum Gasteiger partial charge on any atom is -0.338 e. The standard InChI is InChI=1S/C18H23N3O2S/c1-12(17-8-5-9-24-17)11-19-18(23)20-13(2)15-6-4-7-16(10-15)21-14(3)22/h4-10,12-13H,11H2,1-3H3,(H,21,22)(H2,19,20,23)/t12-,13+/m0/s1. The normalized spacial score (nSPS) is 13.0. The zero-order valence-electron chi connectivity index (χ0n) is 14.1. The Labute approximate surface area is 146 Å². The molecule has 0 aliphatic rings. The number of nitrogens with one attached hydrogen (secondary N) is 3. The molecule has 0 saturated heterocycles. The Balaban J connectivity index is 1.86. The molecule has 0 unspecified atom stereocenters. The highest BCUT2D eigenvalue weighted by molar-refractivity contribution is 7.10. The third kappa shape index (κ3) is 5.38. The first kappa shape index (κ1) is 18.0. The van der Waals surface area contributed by atoms with E-state index in [0.29, 0.717) is 6.54 Å². The molecule has 2 atom stereocenters. The van der Waals surface area contributed by atoms with Crippen LogP contribution in [-0.2, 0) is 4.79 Å². The van der Waals surface area contributed by atoms with Gasteiger partial charge in [-0.2, -0.15) is 0 Å². The number of carbonyl (C=O) groups excluding carboxylic acids is 2. The van der Waals surface area contributed by atoms with E-state index >= 15 is 0 Å². The zero-order chi connectivity index (χ0) is 17.5. The van der Waals surface area contributed by atoms with E-state index in [1.165, 1.54) is 11.8 Å². The largest absolute Gasteiger partial charge is 0.338 e. The van der Waals surface area contributed by atoms with Crippen LogP contribution >= 0.6 is 11.3 Å². The molecule has 128 valence electrons. The van der Waals surface area contributed by atoms with Gasteiger partial charge in [0.05, 0.1) is 6.04 Å². The molecule has 1 heterocycles. The van der Waals surface area contributed by atoms with E-state index in [2.05, 4.69) is 28.9 Å². The summed E-state index contributed by atoms with van der Waals surface area (Å²) < 4.78 is 0. The number of hydrogen-bond acceptors (Lipinski definition) is 3. The Bertz CT molecular complexity index is 685. The molecule has 0 radical (unpaired) electrons. The SMILES string of the molecule is CC(=O)Nc1cccc([C@@H](C)NC(=O)NC[C@H](C)c2cccs2)c1. The average molecular weight is 345 g/mol. The number of amides is 3. The third-order valence-corrected chi connectivity index (χ3v) is 4.76. The predicted molar refractivity (Wildman–Crippen MR) is 98.4 cm³/mol. The quantitative estimate of drug-likeness (QED) is 0.744. The average Bonchev–Trinajstić information content (AvgIpc) is 3.06. The van der Waals surface area contributed by atoms with Crippen molar-refractivity contribution in [1.29, 1.82) is 0 Å². The molecule has 5 nitrogen and oxygen atoms in total. The van der Waals surface area contributed by atoms with Crippen molar-refractivity contribution in [2.45, 2.75) is 32.7 Å². The maximum Gasteiger partial charge on any atom is 0.315 e. The zero-order valence-corrected chi connectivity index (χ0v) is 14.9. The number of carbonyl (C=O) groups is 2. The van der Waals surface area contributed by atoms with E-state index < -0.39 is 0 Å². The van der Waals surface area contributed by atoms with Crippen molar-refractivity contribution in [2.75, 3.05) is 11.9 Å². The fourth-order valence-electron chi connectivity index (χ4n) is 2.34. The summed E-state index contributed by atoms with van der Waals surface area (Å²) in [5.41, 5.74) is 1.66. The number of benzene rings is 1. The third-order valence-electron chi connectivity index (χ3n) is 3.65. The first-order valence-corrected chi connectivity index (χ1v) is 8.79. The lowest BCUT2D eigenvalue weighted by atomic mass is 10.1. The van der Waals surface area contributed by atoms with E-state index in [1.807, 2.05) is 42.6 Å². The number of thiophene rings is 1. The minimum atomic E-state index is -0.198. The minimum absolute atomic E-state index is 0.118. The van der Waals surface area contributed by atoms with Crippen LogP contribution in [0.15, 0.2) is 41.8 Å². The van der Waals surface area contributed by atoms with Crippen LogP contribution in [-0.4, -0.2) is 18.5 Å². The van der Waals surface area contributed by atoms with Crippen LogP contribution in [0.1, 0.15) is 43.2 Å². The molecule has 3 N–H and O–H groups in total. The lowest BCUT2D eigenvalue weighted by Crippen LogP contribution is -2.38. The highest BCUT2D eigenvalue weighted by atomic mass is 32.1. The number of anilines is 1. The van der Waals surface area contributed by atoms with Gasteiger partial charge in [0.1, 0.15) is 0 Å². The highest BCUT2D eigenvalue weighted by Gasteiger charge is 2.12. The monoisotopic (exact) mass is 345 g/mol. The predicted octanol–water partition coefficient (Wildman–Crippen LogP) is 3.87. The van der Waals surface area contributed by atoms with Gasteiger partial charge in [0, 0.05) is 30.0 Å². The second kappa shape index (κ2) is 8.49. The Morgan fingerprint density at radius 1 is 1.17 bits per heavy atom. The van der Waals surface area contributed by atoms with Crippen molar-refractivity contribution >= 4 is 29.0 Å². The molecule has 2 aromatic rings. The lowest BCUT2D eigenvalue weighted by molar-refractivity contribution is -0.114. The summed E-state index contributed by atoms with van der Waals surface area (Å²) in [6.45, 7) is 6.06. The molecule has 2 rings (SSSR count). The molecule has 0 spiro atoms. The maximum absolute atomic E-state index is 12.1. The summed E-state index contributed by atoms with van der Waals surface area (Å²) in [7, 11) is 0. The summed E-state index contributed by atoms with van der Waals surface area (Å²) in [5, 5.41) is 10.6. The van der Waals surface area contributed by atoms with Crippen molar-refractivity contribution in [3.63, 3.8) is 0 Å². The molecule has 0 aliphatic carbocycles. The number of rotatable bonds is 6. The molecule has 0 fully saturated rings. The van der Waals surface area contributed by atoms with Crippen molar-refractivity contribution in [2.24, 2.45) is 0 Å². The first-order chi connectivity index (χ1) is 11.5. The number of urea groups is 1. The van der Waals surface area contributed by atoms with Gasteiger partial charge in [-0.05, 0) is 36.1 Å². The molecule has 1 aromatic carbocycles. The van der Waals surface area contributed by atoms with E-state index in [0.717, 1.165) is 11.3 Å². The van der Waals surface area contributed by atoms with Crippen molar-refractivity contribution in [3.8, 4) is 0 Å². The van der Waals surface area contributed by atoms with E-state index in [4.69, 9.17) is 0 Å². The summed E-state index contributed by atoms with van der Waals surface area (Å²) in [6, 6.07) is 11.2. The van der Waals surface area contributed by atoms with Crippen LogP contribution in [0.3, 0.4) is 0 Å². The van der Waals surface area contributed by atoms with Crippen LogP contribution in [0, 0.1) is 0 Å². The van der Waals surface area contributed by atoms with Gasteiger partial charge in [-0.3, -0.25) is 4.79 Å². The molecule has 24 heavy (non-hydrogen) atoms. The number of hydrogen-bond donors (Lipinski definition) is 3. The fraction of sp³-hybridized carbons (Fsp3) is 0.333. The molecule has 3 amide bonds. The van der Waals surface area contributed by atoms with Crippen molar-refractivity contribution in [3.05, 3.63) is 52.2 Å². The lowest BCUT2D eigenvalue weighted by Gasteiger charge is -2.17. The Morgan fingerprint density at radius 3 is 2.62 bits per heavy atom. The Kier molecular flexibility index (Phi) is 6.37. The second-order valence-corrected chi connectivity index (χ2v) is 6.78.